The largest absolute Gasteiger partial charge is 0.507 e. The Labute approximate surface area is 122 Å². The molecular formula is C15H16N2O4. The maximum absolute atomic E-state index is 9.94. The van der Waals surface area contributed by atoms with Gasteiger partial charge in [-0.3, -0.25) is 0 Å². The molecule has 110 valence electrons. The lowest BCUT2D eigenvalue weighted by Crippen LogP contribution is -2.13. The molecule has 1 aromatic carbocycles. The number of aromatic nitrogens is 1. The summed E-state index contributed by atoms with van der Waals surface area (Å²) in [7, 11) is 1.59. The molecule has 0 amide bonds. The first-order chi connectivity index (χ1) is 10.3. The maximum Gasteiger partial charge on any atom is 0.231 e. The molecule has 6 nitrogen and oxygen atoms in total. The summed E-state index contributed by atoms with van der Waals surface area (Å²) in [6.07, 6.45) is 1.76. The van der Waals surface area contributed by atoms with Crippen molar-refractivity contribution in [2.24, 2.45) is 0 Å². The van der Waals surface area contributed by atoms with Gasteiger partial charge in [0.2, 0.25) is 12.7 Å². The van der Waals surface area contributed by atoms with Crippen molar-refractivity contribution >= 4 is 0 Å². The molecule has 3 rings (SSSR count). The third-order valence-electron chi connectivity index (χ3n) is 3.23. The van der Waals surface area contributed by atoms with Gasteiger partial charge in [-0.25, -0.2) is 4.98 Å². The predicted molar refractivity (Wildman–Crippen MR) is 75.6 cm³/mol. The first kappa shape index (κ1) is 13.5. The molecule has 1 aromatic heterocycles. The van der Waals surface area contributed by atoms with Crippen LogP contribution in [0.3, 0.4) is 0 Å². The van der Waals surface area contributed by atoms with Crippen LogP contribution in [0.2, 0.25) is 0 Å². The van der Waals surface area contributed by atoms with Gasteiger partial charge in [0.25, 0.3) is 0 Å². The van der Waals surface area contributed by atoms with Crippen LogP contribution >= 0.6 is 0 Å². The molecule has 1 aliphatic rings. The fourth-order valence-corrected chi connectivity index (χ4v) is 2.09. The predicted octanol–water partition coefficient (Wildman–Crippen LogP) is 1.81. The molecule has 2 heterocycles. The van der Waals surface area contributed by atoms with E-state index in [0.29, 0.717) is 30.5 Å². The third-order valence-corrected chi connectivity index (χ3v) is 3.23. The van der Waals surface area contributed by atoms with Crippen molar-refractivity contribution in [3.05, 3.63) is 41.6 Å². The van der Waals surface area contributed by atoms with Gasteiger partial charge in [0.1, 0.15) is 5.75 Å². The van der Waals surface area contributed by atoms with Crippen LogP contribution in [0.5, 0.6) is 23.1 Å². The standard InChI is InChI=1S/C15H16N2O4/c1-19-15-3-2-10(7-17-15)6-16-8-11-4-13-14(5-12(11)18)21-9-20-13/h2-5,7,16,18H,6,8-9H2,1H3. The summed E-state index contributed by atoms with van der Waals surface area (Å²) in [5.41, 5.74) is 1.80. The van der Waals surface area contributed by atoms with Crippen molar-refractivity contribution in [3.63, 3.8) is 0 Å². The number of fused-ring (bicyclic) bond motifs is 1. The molecule has 21 heavy (non-hydrogen) atoms. The molecule has 0 fully saturated rings. The molecule has 0 radical (unpaired) electrons. The van der Waals surface area contributed by atoms with E-state index < -0.39 is 0 Å². The molecule has 1 aliphatic heterocycles. The average Bonchev–Trinajstić information content (AvgIpc) is 2.95. The molecule has 0 atom stereocenters. The summed E-state index contributed by atoms with van der Waals surface area (Å²) in [5.74, 6) is 2.03. The van der Waals surface area contributed by atoms with E-state index in [1.807, 2.05) is 12.1 Å². The van der Waals surface area contributed by atoms with Gasteiger partial charge in [-0.15, -0.1) is 0 Å². The summed E-state index contributed by atoms with van der Waals surface area (Å²) in [6, 6.07) is 7.12. The zero-order chi connectivity index (χ0) is 14.7. The topological polar surface area (TPSA) is 72.8 Å². The smallest absolute Gasteiger partial charge is 0.231 e. The number of methoxy groups -OCH3 is 1. The van der Waals surface area contributed by atoms with Crippen molar-refractivity contribution < 1.29 is 19.3 Å². The van der Waals surface area contributed by atoms with Crippen molar-refractivity contribution in [2.75, 3.05) is 13.9 Å². The van der Waals surface area contributed by atoms with Crippen LogP contribution in [-0.4, -0.2) is 24.0 Å². The monoisotopic (exact) mass is 288 g/mol. The van der Waals surface area contributed by atoms with Crippen molar-refractivity contribution in [1.82, 2.24) is 10.3 Å². The lowest BCUT2D eigenvalue weighted by atomic mass is 10.1. The van der Waals surface area contributed by atoms with E-state index in [0.717, 1.165) is 11.1 Å². The average molecular weight is 288 g/mol. The Morgan fingerprint density at radius 1 is 1.24 bits per heavy atom. The molecule has 2 aromatic rings. The SMILES string of the molecule is COc1ccc(CNCc2cc3c(cc2O)OCO3)cn1. The Kier molecular flexibility index (Phi) is 3.79. The van der Waals surface area contributed by atoms with Crippen LogP contribution < -0.4 is 19.5 Å². The zero-order valence-electron chi connectivity index (χ0n) is 11.6. The second-order valence-electron chi connectivity index (χ2n) is 4.65. The number of ether oxygens (including phenoxy) is 3. The third kappa shape index (κ3) is 3.00. The van der Waals surface area contributed by atoms with E-state index in [4.69, 9.17) is 14.2 Å². The van der Waals surface area contributed by atoms with Crippen LogP contribution in [0.1, 0.15) is 11.1 Å². The molecule has 0 aliphatic carbocycles. The first-order valence-corrected chi connectivity index (χ1v) is 6.57. The van der Waals surface area contributed by atoms with Gasteiger partial charge < -0.3 is 24.6 Å². The Morgan fingerprint density at radius 2 is 2.05 bits per heavy atom. The molecule has 0 bridgehead atoms. The lowest BCUT2D eigenvalue weighted by Gasteiger charge is -2.08. The van der Waals surface area contributed by atoms with Gasteiger partial charge in [-0.2, -0.15) is 0 Å². The summed E-state index contributed by atoms with van der Waals surface area (Å²) < 4.78 is 15.5. The number of rotatable bonds is 5. The van der Waals surface area contributed by atoms with Gasteiger partial charge in [-0.1, -0.05) is 6.07 Å². The van der Waals surface area contributed by atoms with Gasteiger partial charge >= 0.3 is 0 Å². The number of phenolic OH excluding ortho intramolecular Hbond substituents is 1. The van der Waals surface area contributed by atoms with Crippen molar-refractivity contribution in [2.45, 2.75) is 13.1 Å². The number of aromatic hydroxyl groups is 1. The van der Waals surface area contributed by atoms with E-state index in [1.165, 1.54) is 0 Å². The first-order valence-electron chi connectivity index (χ1n) is 6.57. The maximum atomic E-state index is 9.94. The Morgan fingerprint density at radius 3 is 2.76 bits per heavy atom. The minimum absolute atomic E-state index is 0.194. The van der Waals surface area contributed by atoms with Gasteiger partial charge in [0.15, 0.2) is 11.5 Å². The van der Waals surface area contributed by atoms with Gasteiger partial charge in [-0.05, 0) is 11.6 Å². The number of hydrogen-bond acceptors (Lipinski definition) is 6. The highest BCUT2D eigenvalue weighted by molar-refractivity contribution is 5.51. The van der Waals surface area contributed by atoms with E-state index >= 15 is 0 Å². The highest BCUT2D eigenvalue weighted by Crippen LogP contribution is 2.37. The van der Waals surface area contributed by atoms with E-state index in [1.54, 1.807) is 25.4 Å². The molecule has 0 spiro atoms. The number of hydrogen-bond donors (Lipinski definition) is 2. The molecule has 0 unspecified atom stereocenters. The van der Waals surface area contributed by atoms with E-state index in [-0.39, 0.29) is 12.5 Å². The van der Waals surface area contributed by atoms with Crippen LogP contribution in [0, 0.1) is 0 Å². The zero-order valence-corrected chi connectivity index (χ0v) is 11.6. The Bertz CT molecular complexity index is 628. The highest BCUT2D eigenvalue weighted by Gasteiger charge is 2.16. The van der Waals surface area contributed by atoms with Gasteiger partial charge in [0, 0.05) is 37.0 Å². The summed E-state index contributed by atoms with van der Waals surface area (Å²) in [5, 5.41) is 13.2. The van der Waals surface area contributed by atoms with E-state index in [2.05, 4.69) is 10.3 Å². The van der Waals surface area contributed by atoms with Crippen molar-refractivity contribution in [3.8, 4) is 23.1 Å². The van der Waals surface area contributed by atoms with Crippen LogP contribution in [0.15, 0.2) is 30.5 Å². The Hall–Kier alpha value is -2.47. The number of nitrogens with zero attached hydrogens (tertiary/aromatic N) is 1. The normalized spacial score (nSPS) is 12.4. The molecule has 0 saturated heterocycles. The number of nitrogens with one attached hydrogen (secondary N) is 1. The summed E-state index contributed by atoms with van der Waals surface area (Å²) in [4.78, 5) is 4.14. The minimum Gasteiger partial charge on any atom is -0.507 e. The van der Waals surface area contributed by atoms with Crippen LogP contribution in [0.25, 0.3) is 0 Å². The number of phenols is 1. The molecule has 6 heteroatoms. The fraction of sp³-hybridized carbons (Fsp3) is 0.267. The summed E-state index contributed by atoms with van der Waals surface area (Å²) >= 11 is 0. The second kappa shape index (κ2) is 5.88. The highest BCUT2D eigenvalue weighted by atomic mass is 16.7. The molecule has 2 N–H and O–H groups in total. The second-order valence-corrected chi connectivity index (χ2v) is 4.65. The van der Waals surface area contributed by atoms with Crippen molar-refractivity contribution in [1.29, 1.82) is 0 Å². The molecule has 0 saturated carbocycles. The van der Waals surface area contributed by atoms with Crippen LogP contribution in [-0.2, 0) is 13.1 Å². The Balaban J connectivity index is 1.60. The number of benzene rings is 1. The summed E-state index contributed by atoms with van der Waals surface area (Å²) in [6.45, 7) is 1.36. The molecular weight excluding hydrogens is 272 g/mol. The lowest BCUT2D eigenvalue weighted by molar-refractivity contribution is 0.174. The van der Waals surface area contributed by atoms with E-state index in [9.17, 15) is 5.11 Å². The van der Waals surface area contributed by atoms with Crippen LogP contribution in [0.4, 0.5) is 0 Å². The fourth-order valence-electron chi connectivity index (χ4n) is 2.09. The number of pyridine rings is 1. The quantitative estimate of drug-likeness (QED) is 0.874. The van der Waals surface area contributed by atoms with Gasteiger partial charge in [0.05, 0.1) is 7.11 Å². The minimum atomic E-state index is 0.194.